The minimum Gasteiger partial charge on any atom is -0.382 e. The maximum atomic E-state index is 12.9. The van der Waals surface area contributed by atoms with Crippen molar-refractivity contribution in [3.05, 3.63) is 59.0 Å². The van der Waals surface area contributed by atoms with Gasteiger partial charge in [0.1, 0.15) is 0 Å². The van der Waals surface area contributed by atoms with Crippen LogP contribution < -0.4 is 5.32 Å². The number of fused-ring (bicyclic) bond motifs is 3. The molecule has 2 aromatic heterocycles. The molecule has 2 heterocycles. The maximum Gasteiger partial charge on any atom is 0.416 e. The summed E-state index contributed by atoms with van der Waals surface area (Å²) in [7, 11) is 0. The number of halogens is 6. The van der Waals surface area contributed by atoms with Gasteiger partial charge in [-0.05, 0) is 54.0 Å². The molecule has 12 heteroatoms. The van der Waals surface area contributed by atoms with E-state index in [2.05, 4.69) is 4.37 Å². The number of amides is 1. The number of aromatic nitrogens is 2. The average Bonchev–Trinajstić information content (AvgIpc) is 3.31. The molecule has 5 nitrogen and oxygen atoms in total. The highest BCUT2D eigenvalue weighted by atomic mass is 32.1. The van der Waals surface area contributed by atoms with Gasteiger partial charge in [-0.25, -0.2) is 0 Å². The molecular formula is C20H13F6N3O2S. The monoisotopic (exact) mass is 473 g/mol. The fourth-order valence-corrected chi connectivity index (χ4v) is 3.92. The molecule has 168 valence electrons. The molecule has 0 spiro atoms. The van der Waals surface area contributed by atoms with E-state index in [9.17, 15) is 31.1 Å². The molecule has 0 saturated heterocycles. The molecule has 0 aliphatic rings. The van der Waals surface area contributed by atoms with Crippen molar-refractivity contribution in [1.82, 2.24) is 14.3 Å². The Morgan fingerprint density at radius 2 is 1.75 bits per heavy atom. The second kappa shape index (κ2) is 7.78. The number of carbonyl (C=O) groups is 1. The van der Waals surface area contributed by atoms with E-state index in [1.165, 1.54) is 30.3 Å². The highest BCUT2D eigenvalue weighted by Gasteiger charge is 2.38. The van der Waals surface area contributed by atoms with Crippen LogP contribution in [0.3, 0.4) is 0 Å². The van der Waals surface area contributed by atoms with E-state index in [-0.39, 0.29) is 5.56 Å². The summed E-state index contributed by atoms with van der Waals surface area (Å²) in [5.41, 5.74) is 0.711. The summed E-state index contributed by atoms with van der Waals surface area (Å²) in [5, 5.41) is 14.0. The number of carbonyl (C=O) groups excluding carboxylic acids is 1. The quantitative estimate of drug-likeness (QED) is 0.414. The van der Waals surface area contributed by atoms with Crippen molar-refractivity contribution in [3.8, 4) is 5.69 Å². The fourth-order valence-electron chi connectivity index (χ4n) is 3.25. The minimum atomic E-state index is -4.86. The summed E-state index contributed by atoms with van der Waals surface area (Å²) in [6, 6.07) is 8.89. The van der Waals surface area contributed by atoms with Crippen LogP contribution in [0.25, 0.3) is 27.6 Å². The number of hydrogen-bond acceptors (Lipinski definition) is 4. The van der Waals surface area contributed by atoms with Crippen molar-refractivity contribution in [2.75, 3.05) is 6.54 Å². The van der Waals surface area contributed by atoms with E-state index in [0.717, 1.165) is 23.7 Å². The van der Waals surface area contributed by atoms with Crippen LogP contribution in [-0.4, -0.2) is 38.8 Å². The lowest BCUT2D eigenvalue weighted by Gasteiger charge is -2.15. The number of nitrogens with one attached hydrogen (secondary N) is 1. The SMILES string of the molecule is O=C(NC[C@H](O)C(F)(F)F)c1ccc2c(c1)c1csnc1n2-c1ccc(C(F)(F)F)cc1. The summed E-state index contributed by atoms with van der Waals surface area (Å²) in [6.07, 6.45) is -12.0. The topological polar surface area (TPSA) is 67.2 Å². The smallest absolute Gasteiger partial charge is 0.382 e. The van der Waals surface area contributed by atoms with Crippen molar-refractivity contribution in [2.45, 2.75) is 18.5 Å². The predicted octanol–water partition coefficient (Wildman–Crippen LogP) is 4.91. The first-order valence-electron chi connectivity index (χ1n) is 9.06. The van der Waals surface area contributed by atoms with Crippen molar-refractivity contribution in [2.24, 2.45) is 0 Å². The van der Waals surface area contributed by atoms with Gasteiger partial charge in [-0.3, -0.25) is 9.36 Å². The third-order valence-corrected chi connectivity index (χ3v) is 5.46. The Labute approximate surface area is 180 Å². The minimum absolute atomic E-state index is 0.0598. The van der Waals surface area contributed by atoms with E-state index in [4.69, 9.17) is 5.11 Å². The van der Waals surface area contributed by atoms with Gasteiger partial charge >= 0.3 is 12.4 Å². The fraction of sp³-hybridized carbons (Fsp3) is 0.200. The zero-order valence-electron chi connectivity index (χ0n) is 15.8. The van der Waals surface area contributed by atoms with Gasteiger partial charge in [-0.15, -0.1) is 0 Å². The number of benzene rings is 2. The van der Waals surface area contributed by atoms with Crippen LogP contribution in [-0.2, 0) is 6.18 Å². The molecule has 32 heavy (non-hydrogen) atoms. The Kier molecular flexibility index (Phi) is 5.37. The molecule has 0 bridgehead atoms. The summed E-state index contributed by atoms with van der Waals surface area (Å²) < 4.78 is 81.9. The van der Waals surface area contributed by atoms with Gasteiger partial charge in [0.05, 0.1) is 17.6 Å². The number of rotatable bonds is 4. The predicted molar refractivity (Wildman–Crippen MR) is 106 cm³/mol. The number of nitrogens with zero attached hydrogens (tertiary/aromatic N) is 2. The van der Waals surface area contributed by atoms with Crippen molar-refractivity contribution in [3.63, 3.8) is 0 Å². The first-order valence-corrected chi connectivity index (χ1v) is 9.89. The highest BCUT2D eigenvalue weighted by Crippen LogP contribution is 2.35. The third-order valence-electron chi connectivity index (χ3n) is 4.84. The van der Waals surface area contributed by atoms with Crippen molar-refractivity contribution in [1.29, 1.82) is 0 Å². The summed E-state index contributed by atoms with van der Waals surface area (Å²) >= 11 is 1.11. The lowest BCUT2D eigenvalue weighted by Crippen LogP contribution is -2.40. The number of aliphatic hydroxyl groups is 1. The summed E-state index contributed by atoms with van der Waals surface area (Å²) in [4.78, 5) is 12.3. The van der Waals surface area contributed by atoms with Crippen molar-refractivity contribution >= 4 is 39.4 Å². The van der Waals surface area contributed by atoms with Crippen LogP contribution in [0.5, 0.6) is 0 Å². The highest BCUT2D eigenvalue weighted by molar-refractivity contribution is 7.05. The van der Waals surface area contributed by atoms with Crippen molar-refractivity contribution < 1.29 is 36.2 Å². The zero-order chi connectivity index (χ0) is 23.3. The first kappa shape index (κ1) is 22.1. The molecule has 1 amide bonds. The zero-order valence-corrected chi connectivity index (χ0v) is 16.6. The third kappa shape index (κ3) is 4.02. The second-order valence-corrected chi connectivity index (χ2v) is 7.56. The van der Waals surface area contributed by atoms with E-state index in [1.807, 2.05) is 5.32 Å². The number of alkyl halides is 6. The largest absolute Gasteiger partial charge is 0.416 e. The van der Waals surface area contributed by atoms with Gasteiger partial charge in [0.2, 0.25) is 0 Å². The second-order valence-electron chi connectivity index (χ2n) is 6.93. The summed E-state index contributed by atoms with van der Waals surface area (Å²) in [6.45, 7) is -0.998. The molecular weight excluding hydrogens is 460 g/mol. The van der Waals surface area contributed by atoms with Gasteiger partial charge in [-0.1, -0.05) is 0 Å². The first-order chi connectivity index (χ1) is 15.0. The molecule has 0 aliphatic heterocycles. The number of aliphatic hydroxyl groups excluding tert-OH is 1. The van der Waals surface area contributed by atoms with E-state index in [0.29, 0.717) is 27.6 Å². The molecule has 4 aromatic rings. The Bertz CT molecular complexity index is 1290. The Morgan fingerprint density at radius 3 is 2.38 bits per heavy atom. The molecule has 0 radical (unpaired) electrons. The van der Waals surface area contributed by atoms with E-state index in [1.54, 1.807) is 9.95 Å². The molecule has 0 aliphatic carbocycles. The average molecular weight is 473 g/mol. The van der Waals surface area contributed by atoms with Crippen LogP contribution in [0, 0.1) is 0 Å². The molecule has 0 unspecified atom stereocenters. The molecule has 0 saturated carbocycles. The Balaban J connectivity index is 1.71. The van der Waals surface area contributed by atoms with Gasteiger partial charge in [0.15, 0.2) is 11.8 Å². The van der Waals surface area contributed by atoms with Crippen LogP contribution in [0.4, 0.5) is 26.3 Å². The van der Waals surface area contributed by atoms with Gasteiger partial charge in [0.25, 0.3) is 5.91 Å². The summed E-state index contributed by atoms with van der Waals surface area (Å²) in [5.74, 6) is -0.811. The van der Waals surface area contributed by atoms with Gasteiger partial charge in [0, 0.05) is 27.4 Å². The number of hydrogen-bond donors (Lipinski definition) is 2. The molecule has 2 aromatic carbocycles. The lowest BCUT2D eigenvalue weighted by molar-refractivity contribution is -0.201. The Hall–Kier alpha value is -3.12. The molecule has 4 rings (SSSR count). The lowest BCUT2D eigenvalue weighted by atomic mass is 10.1. The van der Waals surface area contributed by atoms with Crippen LogP contribution in [0.15, 0.2) is 47.8 Å². The van der Waals surface area contributed by atoms with Crippen LogP contribution >= 0.6 is 11.5 Å². The standard InChI is InChI=1S/C20H13F6N3O2S/c21-19(22,23)11-2-4-12(5-3-11)29-15-6-1-10(7-13(15)14-9-32-28-17(14)29)18(31)27-8-16(30)20(24,25)26/h1-7,9,16,30H,8H2,(H,27,31)/t16-/m0/s1. The van der Waals surface area contributed by atoms with Crippen LogP contribution in [0.1, 0.15) is 15.9 Å². The maximum absolute atomic E-state index is 12.9. The molecule has 0 fully saturated rings. The van der Waals surface area contributed by atoms with Gasteiger partial charge < -0.3 is 10.4 Å². The molecule has 1 atom stereocenters. The van der Waals surface area contributed by atoms with Crippen LogP contribution in [0.2, 0.25) is 0 Å². The molecule has 2 N–H and O–H groups in total. The van der Waals surface area contributed by atoms with E-state index >= 15 is 0 Å². The normalized spacial score (nSPS) is 13.6. The van der Waals surface area contributed by atoms with E-state index < -0.39 is 36.5 Å². The van der Waals surface area contributed by atoms with Gasteiger partial charge in [-0.2, -0.15) is 30.7 Å². The Morgan fingerprint density at radius 1 is 1.06 bits per heavy atom.